The smallest absolute Gasteiger partial charge is 0.337 e. The number of esters is 1. The monoisotopic (exact) mass is 442 g/mol. The molecule has 1 aromatic heterocycles. The average Bonchev–Trinajstić information content (AvgIpc) is 3.32. The van der Waals surface area contributed by atoms with Crippen molar-refractivity contribution in [3.05, 3.63) is 52.2 Å². The maximum Gasteiger partial charge on any atom is 0.337 e. The summed E-state index contributed by atoms with van der Waals surface area (Å²) in [6.07, 6.45) is 0.197. The molecule has 3 rings (SSSR count). The molecular weight excluding hydrogens is 416 g/mol. The minimum atomic E-state index is -0.857. The van der Waals surface area contributed by atoms with Crippen molar-refractivity contribution in [1.82, 2.24) is 4.90 Å². The van der Waals surface area contributed by atoms with Crippen LogP contribution in [0.2, 0.25) is 0 Å². The fraction of sp³-hybridized carbons (Fsp3) is 0.391. The van der Waals surface area contributed by atoms with Gasteiger partial charge in [0.2, 0.25) is 11.8 Å². The van der Waals surface area contributed by atoms with Gasteiger partial charge < -0.3 is 9.64 Å². The third-order valence-corrected chi connectivity index (χ3v) is 5.81. The first-order valence-corrected chi connectivity index (χ1v) is 10.9. The number of carbonyl (C=O) groups excluding carboxylic acids is 4. The van der Waals surface area contributed by atoms with Crippen LogP contribution in [0, 0.1) is 5.41 Å². The topological polar surface area (TPSA) is 84.0 Å². The number of ether oxygens (including phenoxy) is 1. The Labute approximate surface area is 185 Å². The van der Waals surface area contributed by atoms with Crippen LogP contribution in [0.15, 0.2) is 41.8 Å². The van der Waals surface area contributed by atoms with E-state index >= 15 is 0 Å². The Morgan fingerprint density at radius 3 is 2.39 bits per heavy atom. The zero-order chi connectivity index (χ0) is 22.8. The van der Waals surface area contributed by atoms with Gasteiger partial charge in [-0.2, -0.15) is 0 Å². The third-order valence-electron chi connectivity index (χ3n) is 4.95. The Bertz CT molecular complexity index is 976. The maximum atomic E-state index is 13.3. The SMILES string of the molecule is COC(=O)c1ccc(N2C(=O)CC(N(Cc3cccs3)C(=O)CC(C)(C)C)C2=O)cc1. The normalized spacial score (nSPS) is 16.5. The van der Waals surface area contributed by atoms with E-state index in [0.717, 1.165) is 9.78 Å². The van der Waals surface area contributed by atoms with Crippen molar-refractivity contribution in [2.24, 2.45) is 5.41 Å². The van der Waals surface area contributed by atoms with Crippen LogP contribution in [-0.2, 0) is 25.7 Å². The van der Waals surface area contributed by atoms with E-state index in [1.165, 1.54) is 47.6 Å². The molecule has 1 aliphatic rings. The molecule has 0 saturated carbocycles. The number of methoxy groups -OCH3 is 1. The Morgan fingerprint density at radius 1 is 1.16 bits per heavy atom. The summed E-state index contributed by atoms with van der Waals surface area (Å²) in [5, 5.41) is 1.92. The van der Waals surface area contributed by atoms with Gasteiger partial charge in [-0.3, -0.25) is 14.4 Å². The highest BCUT2D eigenvalue weighted by Crippen LogP contribution is 2.30. The van der Waals surface area contributed by atoms with Gasteiger partial charge in [-0.05, 0) is 41.1 Å². The van der Waals surface area contributed by atoms with Crippen LogP contribution in [0.5, 0.6) is 0 Å². The van der Waals surface area contributed by atoms with E-state index in [1.54, 1.807) is 0 Å². The van der Waals surface area contributed by atoms with Crippen LogP contribution in [0.1, 0.15) is 48.8 Å². The molecule has 1 aliphatic heterocycles. The van der Waals surface area contributed by atoms with Crippen molar-refractivity contribution >= 4 is 40.7 Å². The number of imide groups is 1. The number of hydrogen-bond donors (Lipinski definition) is 0. The van der Waals surface area contributed by atoms with E-state index in [-0.39, 0.29) is 36.6 Å². The molecule has 1 saturated heterocycles. The number of benzene rings is 1. The van der Waals surface area contributed by atoms with Crippen LogP contribution in [-0.4, -0.2) is 41.7 Å². The molecule has 164 valence electrons. The molecule has 1 fully saturated rings. The standard InChI is InChI=1S/C23H26N2O5S/c1-23(2,3)13-20(27)24(14-17-6-5-11-31-17)18-12-19(26)25(21(18)28)16-9-7-15(8-10-16)22(29)30-4/h5-11,18H,12-14H2,1-4H3. The van der Waals surface area contributed by atoms with Crippen molar-refractivity contribution in [3.63, 3.8) is 0 Å². The molecule has 8 heteroatoms. The van der Waals surface area contributed by atoms with Gasteiger partial charge in [-0.15, -0.1) is 11.3 Å². The summed E-state index contributed by atoms with van der Waals surface area (Å²) >= 11 is 1.50. The molecule has 2 heterocycles. The molecule has 1 atom stereocenters. The minimum Gasteiger partial charge on any atom is -0.465 e. The number of amides is 3. The summed E-state index contributed by atoms with van der Waals surface area (Å²) in [7, 11) is 1.28. The first-order valence-electron chi connectivity index (χ1n) is 9.98. The van der Waals surface area contributed by atoms with E-state index in [9.17, 15) is 19.2 Å². The highest BCUT2D eigenvalue weighted by atomic mass is 32.1. The molecule has 0 bridgehead atoms. The fourth-order valence-corrected chi connectivity index (χ4v) is 4.20. The fourth-order valence-electron chi connectivity index (χ4n) is 3.49. The van der Waals surface area contributed by atoms with Crippen LogP contribution >= 0.6 is 11.3 Å². The summed E-state index contributed by atoms with van der Waals surface area (Å²) in [5.74, 6) is -1.47. The summed E-state index contributed by atoms with van der Waals surface area (Å²) in [6.45, 7) is 6.17. The van der Waals surface area contributed by atoms with Crippen molar-refractivity contribution in [2.45, 2.75) is 46.2 Å². The second-order valence-corrected chi connectivity index (χ2v) is 9.70. The molecule has 0 radical (unpaired) electrons. The zero-order valence-corrected chi connectivity index (χ0v) is 18.9. The van der Waals surface area contributed by atoms with E-state index in [1.807, 2.05) is 38.3 Å². The zero-order valence-electron chi connectivity index (χ0n) is 18.1. The van der Waals surface area contributed by atoms with Gasteiger partial charge in [0.1, 0.15) is 6.04 Å². The van der Waals surface area contributed by atoms with Gasteiger partial charge in [0.15, 0.2) is 0 Å². The lowest BCUT2D eigenvalue weighted by atomic mass is 9.91. The maximum absolute atomic E-state index is 13.3. The molecule has 2 aromatic rings. The summed E-state index contributed by atoms with van der Waals surface area (Å²) in [6, 6.07) is 9.02. The number of nitrogens with zero attached hydrogens (tertiary/aromatic N) is 2. The highest BCUT2D eigenvalue weighted by Gasteiger charge is 2.44. The van der Waals surface area contributed by atoms with Gasteiger partial charge in [0, 0.05) is 11.3 Å². The predicted octanol–water partition coefficient (Wildman–Crippen LogP) is 3.63. The van der Waals surface area contributed by atoms with Crippen LogP contribution < -0.4 is 4.90 Å². The number of anilines is 1. The number of thiophene rings is 1. The molecule has 0 N–H and O–H groups in total. The van der Waals surface area contributed by atoms with Crippen molar-refractivity contribution in [1.29, 1.82) is 0 Å². The van der Waals surface area contributed by atoms with E-state index < -0.39 is 17.9 Å². The third kappa shape index (κ3) is 5.19. The van der Waals surface area contributed by atoms with E-state index in [0.29, 0.717) is 11.3 Å². The van der Waals surface area contributed by atoms with Crippen LogP contribution in [0.3, 0.4) is 0 Å². The minimum absolute atomic E-state index is 0.0706. The molecule has 1 aromatic carbocycles. The summed E-state index contributed by atoms with van der Waals surface area (Å²) in [4.78, 5) is 54.3. The largest absolute Gasteiger partial charge is 0.465 e. The Balaban J connectivity index is 1.87. The molecule has 0 aliphatic carbocycles. The van der Waals surface area contributed by atoms with Crippen LogP contribution in [0.4, 0.5) is 5.69 Å². The van der Waals surface area contributed by atoms with E-state index in [4.69, 9.17) is 0 Å². The lowest BCUT2D eigenvalue weighted by Gasteiger charge is -2.30. The summed E-state index contributed by atoms with van der Waals surface area (Å²) in [5.41, 5.74) is 0.436. The summed E-state index contributed by atoms with van der Waals surface area (Å²) < 4.78 is 4.68. The second-order valence-electron chi connectivity index (χ2n) is 8.66. The van der Waals surface area contributed by atoms with Crippen molar-refractivity contribution in [2.75, 3.05) is 12.0 Å². The lowest BCUT2D eigenvalue weighted by Crippen LogP contribution is -2.45. The molecule has 3 amide bonds. The molecular formula is C23H26N2O5S. The number of rotatable bonds is 6. The van der Waals surface area contributed by atoms with Gasteiger partial charge in [0.05, 0.1) is 31.3 Å². The Morgan fingerprint density at radius 2 is 1.84 bits per heavy atom. The number of carbonyl (C=O) groups is 4. The predicted molar refractivity (Wildman–Crippen MR) is 118 cm³/mol. The molecule has 1 unspecified atom stereocenters. The van der Waals surface area contributed by atoms with Crippen molar-refractivity contribution < 1.29 is 23.9 Å². The van der Waals surface area contributed by atoms with Crippen LogP contribution in [0.25, 0.3) is 0 Å². The quantitative estimate of drug-likeness (QED) is 0.504. The second kappa shape index (κ2) is 9.01. The Hall–Kier alpha value is -3.00. The Kier molecular flexibility index (Phi) is 6.59. The molecule has 7 nitrogen and oxygen atoms in total. The number of hydrogen-bond acceptors (Lipinski definition) is 6. The van der Waals surface area contributed by atoms with Gasteiger partial charge in [-0.1, -0.05) is 26.8 Å². The molecule has 0 spiro atoms. The first-order chi connectivity index (χ1) is 14.6. The van der Waals surface area contributed by atoms with Crippen molar-refractivity contribution in [3.8, 4) is 0 Å². The first kappa shape index (κ1) is 22.7. The van der Waals surface area contributed by atoms with E-state index in [2.05, 4.69) is 4.74 Å². The molecule has 31 heavy (non-hydrogen) atoms. The average molecular weight is 443 g/mol. The van der Waals surface area contributed by atoms with Gasteiger partial charge in [-0.25, -0.2) is 9.69 Å². The highest BCUT2D eigenvalue weighted by molar-refractivity contribution is 7.09. The van der Waals surface area contributed by atoms with Gasteiger partial charge >= 0.3 is 5.97 Å². The lowest BCUT2D eigenvalue weighted by molar-refractivity contribution is -0.140. The van der Waals surface area contributed by atoms with Gasteiger partial charge in [0.25, 0.3) is 5.91 Å².